The summed E-state index contributed by atoms with van der Waals surface area (Å²) in [4.78, 5) is 9.94. The number of phosphoric acid groups is 1. The first kappa shape index (κ1) is 36.3. The maximum absolute atomic E-state index is 12.2. The molecule has 0 radical (unpaired) electrons. The van der Waals surface area contributed by atoms with Crippen molar-refractivity contribution in [2.75, 3.05) is 66.1 Å². The minimum atomic E-state index is -4.07. The molecule has 36 heavy (non-hydrogen) atoms. The molecule has 0 saturated carbocycles. The van der Waals surface area contributed by atoms with Gasteiger partial charge in [-0.25, -0.2) is 4.57 Å². The lowest BCUT2D eigenvalue weighted by Gasteiger charge is -2.24. The summed E-state index contributed by atoms with van der Waals surface area (Å²) in [6, 6.07) is 0. The largest absolute Gasteiger partial charge is 0.472 e. The number of thioether (sulfide) groups is 1. The summed E-state index contributed by atoms with van der Waals surface area (Å²) >= 11 is 1.75. The summed E-state index contributed by atoms with van der Waals surface area (Å²) in [6.07, 6.45) is 17.3. The van der Waals surface area contributed by atoms with Gasteiger partial charge in [0.15, 0.2) is 0 Å². The molecule has 0 amide bonds. The zero-order chi connectivity index (χ0) is 27.1. The van der Waals surface area contributed by atoms with Crippen LogP contribution in [-0.4, -0.2) is 87.7 Å². The molecule has 0 aliphatic rings. The Bertz CT molecular complexity index is 535. The summed E-state index contributed by atoms with van der Waals surface area (Å²) in [5.41, 5.74) is 0. The standard InChI is InChI=1S/C27H58NO6PS/c1-7-9-10-11-12-13-14-15-16-17-18-19-20-26(31-6)24-36-25-27(32-8-2)23-34-35(29,30)33-22-21-28(3,4)5/h26-27H,7-25H2,1-6H3/p+1. The van der Waals surface area contributed by atoms with Crippen molar-refractivity contribution in [1.29, 1.82) is 0 Å². The van der Waals surface area contributed by atoms with Crippen LogP contribution in [0.5, 0.6) is 0 Å². The monoisotopic (exact) mass is 556 g/mol. The van der Waals surface area contributed by atoms with E-state index in [0.29, 0.717) is 23.4 Å². The molecule has 0 aromatic carbocycles. The molecular formula is C27H59NO6PS+. The first-order valence-corrected chi connectivity index (χ1v) is 16.9. The molecule has 7 nitrogen and oxygen atoms in total. The first-order valence-electron chi connectivity index (χ1n) is 14.3. The van der Waals surface area contributed by atoms with Crippen LogP contribution in [0.25, 0.3) is 0 Å². The molecule has 0 aliphatic carbocycles. The van der Waals surface area contributed by atoms with E-state index in [1.54, 1.807) is 18.9 Å². The van der Waals surface area contributed by atoms with Gasteiger partial charge in [-0.3, -0.25) is 9.05 Å². The minimum absolute atomic E-state index is 0.0371. The Kier molecular flexibility index (Phi) is 23.5. The van der Waals surface area contributed by atoms with E-state index in [0.717, 1.165) is 12.2 Å². The van der Waals surface area contributed by atoms with Crippen molar-refractivity contribution in [3.05, 3.63) is 0 Å². The highest BCUT2D eigenvalue weighted by Crippen LogP contribution is 2.43. The van der Waals surface area contributed by atoms with Gasteiger partial charge in [0.1, 0.15) is 13.2 Å². The summed E-state index contributed by atoms with van der Waals surface area (Å²) in [7, 11) is 3.71. The Morgan fingerprint density at radius 3 is 1.83 bits per heavy atom. The number of quaternary nitrogens is 1. The first-order chi connectivity index (χ1) is 17.1. The molecule has 218 valence electrons. The second-order valence-electron chi connectivity index (χ2n) is 10.8. The van der Waals surface area contributed by atoms with E-state index >= 15 is 0 Å². The molecule has 0 rings (SSSR count). The lowest BCUT2D eigenvalue weighted by molar-refractivity contribution is -0.870. The van der Waals surface area contributed by atoms with E-state index in [2.05, 4.69) is 6.92 Å². The molecule has 9 heteroatoms. The fourth-order valence-corrected chi connectivity index (χ4v) is 5.74. The summed E-state index contributed by atoms with van der Waals surface area (Å²) in [6.45, 7) is 5.54. The molecule has 0 spiro atoms. The lowest BCUT2D eigenvalue weighted by Crippen LogP contribution is -2.37. The van der Waals surface area contributed by atoms with Crippen molar-refractivity contribution < 1.29 is 32.5 Å². The average Bonchev–Trinajstić information content (AvgIpc) is 2.81. The van der Waals surface area contributed by atoms with Gasteiger partial charge in [0.05, 0.1) is 40.0 Å². The van der Waals surface area contributed by atoms with Crippen molar-refractivity contribution in [3.8, 4) is 0 Å². The van der Waals surface area contributed by atoms with Gasteiger partial charge >= 0.3 is 7.82 Å². The van der Waals surface area contributed by atoms with Gasteiger partial charge in [-0.05, 0) is 13.3 Å². The van der Waals surface area contributed by atoms with Crippen LogP contribution in [0.3, 0.4) is 0 Å². The second kappa shape index (κ2) is 23.2. The van der Waals surface area contributed by atoms with Crippen molar-refractivity contribution in [3.63, 3.8) is 0 Å². The molecule has 0 bridgehead atoms. The summed E-state index contributed by atoms with van der Waals surface area (Å²) < 4.78 is 34.5. The predicted molar refractivity (Wildman–Crippen MR) is 154 cm³/mol. The zero-order valence-electron chi connectivity index (χ0n) is 24.4. The van der Waals surface area contributed by atoms with Gasteiger partial charge in [0.25, 0.3) is 0 Å². The topological polar surface area (TPSA) is 74.2 Å². The predicted octanol–water partition coefficient (Wildman–Crippen LogP) is 7.07. The number of ether oxygens (including phenoxy) is 2. The number of hydrogen-bond donors (Lipinski definition) is 1. The van der Waals surface area contributed by atoms with Crippen LogP contribution in [0.4, 0.5) is 0 Å². The van der Waals surface area contributed by atoms with Crippen LogP contribution in [0, 0.1) is 0 Å². The Balaban J connectivity index is 3.94. The number of rotatable bonds is 27. The fourth-order valence-electron chi connectivity index (χ4n) is 3.84. The smallest absolute Gasteiger partial charge is 0.381 e. The van der Waals surface area contributed by atoms with Gasteiger partial charge in [-0.1, -0.05) is 84.0 Å². The van der Waals surface area contributed by atoms with E-state index in [9.17, 15) is 9.46 Å². The fraction of sp³-hybridized carbons (Fsp3) is 1.00. The zero-order valence-corrected chi connectivity index (χ0v) is 26.1. The maximum Gasteiger partial charge on any atom is 0.472 e. The molecule has 1 N–H and O–H groups in total. The lowest BCUT2D eigenvalue weighted by atomic mass is 10.0. The van der Waals surface area contributed by atoms with Crippen molar-refractivity contribution in [1.82, 2.24) is 0 Å². The van der Waals surface area contributed by atoms with E-state index in [-0.39, 0.29) is 25.4 Å². The highest BCUT2D eigenvalue weighted by Gasteiger charge is 2.25. The van der Waals surface area contributed by atoms with Crippen LogP contribution >= 0.6 is 19.6 Å². The third-order valence-electron chi connectivity index (χ3n) is 6.16. The number of phosphoric ester groups is 1. The van der Waals surface area contributed by atoms with Gasteiger partial charge in [-0.15, -0.1) is 0 Å². The summed E-state index contributed by atoms with van der Waals surface area (Å²) in [5.74, 6) is 1.57. The van der Waals surface area contributed by atoms with E-state index in [1.807, 2.05) is 28.1 Å². The Morgan fingerprint density at radius 1 is 0.806 bits per heavy atom. The SMILES string of the molecule is CCCCCCCCCCCCCCC(CSCC(COP(=O)(O)OCC[N+](C)(C)C)OCC)OC. The van der Waals surface area contributed by atoms with E-state index in [1.165, 1.54) is 77.0 Å². The van der Waals surface area contributed by atoms with E-state index < -0.39 is 7.82 Å². The van der Waals surface area contributed by atoms with Crippen LogP contribution in [0.15, 0.2) is 0 Å². The quantitative estimate of drug-likeness (QED) is 0.0659. The third-order valence-corrected chi connectivity index (χ3v) is 8.36. The highest BCUT2D eigenvalue weighted by atomic mass is 32.2. The van der Waals surface area contributed by atoms with Crippen molar-refractivity contribution in [2.24, 2.45) is 0 Å². The molecule has 0 saturated heterocycles. The number of nitrogens with zero attached hydrogens (tertiary/aromatic N) is 1. The number of hydrogen-bond acceptors (Lipinski definition) is 6. The normalized spacial score (nSPS) is 15.6. The van der Waals surface area contributed by atoms with Gasteiger partial charge in [0.2, 0.25) is 0 Å². The number of unbranched alkanes of at least 4 members (excludes halogenated alkanes) is 11. The molecule has 0 fully saturated rings. The third kappa shape index (κ3) is 24.7. The van der Waals surface area contributed by atoms with Gasteiger partial charge in [-0.2, -0.15) is 11.8 Å². The molecule has 0 aromatic heterocycles. The molecular weight excluding hydrogens is 497 g/mol. The van der Waals surface area contributed by atoms with Crippen LogP contribution in [0.1, 0.15) is 97.3 Å². The minimum Gasteiger partial charge on any atom is -0.381 e. The molecule has 0 aromatic rings. The Hall–Kier alpha value is 0.340. The van der Waals surface area contributed by atoms with Crippen LogP contribution < -0.4 is 0 Å². The van der Waals surface area contributed by atoms with Crippen LogP contribution in [0.2, 0.25) is 0 Å². The number of methoxy groups -OCH3 is 1. The molecule has 3 unspecified atom stereocenters. The highest BCUT2D eigenvalue weighted by molar-refractivity contribution is 7.99. The van der Waals surface area contributed by atoms with E-state index in [4.69, 9.17) is 18.5 Å². The Labute approximate surface area is 227 Å². The average molecular weight is 557 g/mol. The molecule has 0 aliphatic heterocycles. The Morgan fingerprint density at radius 2 is 1.33 bits per heavy atom. The van der Waals surface area contributed by atoms with Gasteiger partial charge in [0, 0.05) is 25.2 Å². The van der Waals surface area contributed by atoms with Crippen molar-refractivity contribution in [2.45, 2.75) is 110 Å². The molecule has 0 heterocycles. The van der Waals surface area contributed by atoms with Crippen molar-refractivity contribution >= 4 is 19.6 Å². The summed E-state index contributed by atoms with van der Waals surface area (Å²) in [5, 5.41) is 0. The molecule has 3 atom stereocenters. The maximum atomic E-state index is 12.2. The number of likely N-dealkylation sites (N-methyl/N-ethyl adjacent to an activating group) is 1. The van der Waals surface area contributed by atoms with Crippen LogP contribution in [-0.2, 0) is 23.1 Å². The second-order valence-corrected chi connectivity index (χ2v) is 13.3. The van der Waals surface area contributed by atoms with Gasteiger partial charge < -0.3 is 18.9 Å².